The summed E-state index contributed by atoms with van der Waals surface area (Å²) < 4.78 is 1.95. The number of aromatic nitrogens is 3. The van der Waals surface area contributed by atoms with Gasteiger partial charge in [-0.3, -0.25) is 0 Å². The van der Waals surface area contributed by atoms with Gasteiger partial charge in [-0.05, 0) is 31.2 Å². The summed E-state index contributed by atoms with van der Waals surface area (Å²) in [5.74, 6) is 0. The van der Waals surface area contributed by atoms with Crippen LogP contribution >= 0.6 is 11.6 Å². The smallest absolute Gasteiger partial charge is 0.0996 e. The molecule has 0 saturated carbocycles. The van der Waals surface area contributed by atoms with Crippen LogP contribution in [0.3, 0.4) is 0 Å². The average Bonchev–Trinajstić information content (AvgIpc) is 2.75. The van der Waals surface area contributed by atoms with Gasteiger partial charge >= 0.3 is 0 Å². The van der Waals surface area contributed by atoms with Crippen LogP contribution in [0, 0.1) is 0 Å². The van der Waals surface area contributed by atoms with Gasteiger partial charge in [0.1, 0.15) is 0 Å². The largest absolute Gasteiger partial charge is 0.314 e. The summed E-state index contributed by atoms with van der Waals surface area (Å²) >= 11 is 5.88. The first kappa shape index (κ1) is 13.1. The third-order valence-corrected chi connectivity index (χ3v) is 3.09. The Balaban J connectivity index is 2.20. The summed E-state index contributed by atoms with van der Waals surface area (Å²) in [4.78, 5) is 0. The molecule has 0 saturated heterocycles. The van der Waals surface area contributed by atoms with Crippen LogP contribution in [0.5, 0.6) is 0 Å². The van der Waals surface area contributed by atoms with E-state index >= 15 is 0 Å². The maximum absolute atomic E-state index is 5.88. The van der Waals surface area contributed by atoms with E-state index in [1.807, 2.05) is 36.0 Å². The van der Waals surface area contributed by atoms with Crippen molar-refractivity contribution in [3.05, 3.63) is 46.2 Å². The van der Waals surface area contributed by atoms with Crippen LogP contribution in [0.25, 0.3) is 0 Å². The lowest BCUT2D eigenvalue weighted by atomic mass is 10.2. The van der Waals surface area contributed by atoms with Gasteiger partial charge in [-0.25, -0.2) is 4.68 Å². The minimum atomic E-state index is 0.733. The van der Waals surface area contributed by atoms with Gasteiger partial charge in [-0.15, -0.1) is 5.10 Å². The SMILES string of the molecule is CCc1c(CNC)nnn1Cc1ccc(Cl)cc1. The van der Waals surface area contributed by atoms with Crippen molar-refractivity contribution in [2.45, 2.75) is 26.4 Å². The summed E-state index contributed by atoms with van der Waals surface area (Å²) in [5.41, 5.74) is 3.38. The molecule has 5 heteroatoms. The predicted molar refractivity (Wildman–Crippen MR) is 72.7 cm³/mol. The summed E-state index contributed by atoms with van der Waals surface area (Å²) in [6.45, 7) is 3.61. The normalized spacial score (nSPS) is 10.8. The van der Waals surface area contributed by atoms with Gasteiger partial charge in [-0.1, -0.05) is 35.9 Å². The van der Waals surface area contributed by atoms with Crippen molar-refractivity contribution in [2.75, 3.05) is 7.05 Å². The van der Waals surface area contributed by atoms with Crippen molar-refractivity contribution in [1.82, 2.24) is 20.3 Å². The number of benzene rings is 1. The Bertz CT molecular complexity index is 504. The Labute approximate surface area is 112 Å². The zero-order valence-electron chi connectivity index (χ0n) is 10.7. The minimum absolute atomic E-state index is 0.733. The zero-order chi connectivity index (χ0) is 13.0. The van der Waals surface area contributed by atoms with Crippen LogP contribution in [0.15, 0.2) is 24.3 Å². The Kier molecular flexibility index (Phi) is 4.33. The second-order valence-electron chi connectivity index (χ2n) is 4.15. The predicted octanol–water partition coefficient (Wildman–Crippen LogP) is 2.26. The molecule has 1 aromatic carbocycles. The van der Waals surface area contributed by atoms with Crippen LogP contribution in [0.4, 0.5) is 0 Å². The van der Waals surface area contributed by atoms with Crippen molar-refractivity contribution >= 4 is 11.6 Å². The molecule has 96 valence electrons. The van der Waals surface area contributed by atoms with E-state index in [1.165, 1.54) is 11.3 Å². The molecule has 0 aliphatic heterocycles. The molecular weight excluding hydrogens is 248 g/mol. The fraction of sp³-hybridized carbons (Fsp3) is 0.385. The second kappa shape index (κ2) is 5.98. The van der Waals surface area contributed by atoms with Gasteiger partial charge in [0.15, 0.2) is 0 Å². The Morgan fingerprint density at radius 1 is 1.28 bits per heavy atom. The van der Waals surface area contributed by atoms with E-state index in [1.54, 1.807) is 0 Å². The molecule has 1 N–H and O–H groups in total. The summed E-state index contributed by atoms with van der Waals surface area (Å²) in [6.07, 6.45) is 0.928. The van der Waals surface area contributed by atoms with Crippen molar-refractivity contribution in [1.29, 1.82) is 0 Å². The van der Waals surface area contributed by atoms with E-state index in [-0.39, 0.29) is 0 Å². The molecule has 1 aromatic heterocycles. The molecular formula is C13H17ClN4. The van der Waals surface area contributed by atoms with E-state index in [9.17, 15) is 0 Å². The van der Waals surface area contributed by atoms with Crippen molar-refractivity contribution in [2.24, 2.45) is 0 Å². The lowest BCUT2D eigenvalue weighted by molar-refractivity contribution is 0.622. The van der Waals surface area contributed by atoms with E-state index in [0.717, 1.165) is 30.2 Å². The van der Waals surface area contributed by atoms with Crippen molar-refractivity contribution in [3.63, 3.8) is 0 Å². The second-order valence-corrected chi connectivity index (χ2v) is 4.59. The Hall–Kier alpha value is -1.39. The fourth-order valence-electron chi connectivity index (χ4n) is 1.95. The highest BCUT2D eigenvalue weighted by Crippen LogP contribution is 2.13. The minimum Gasteiger partial charge on any atom is -0.314 e. The van der Waals surface area contributed by atoms with Gasteiger partial charge in [-0.2, -0.15) is 0 Å². The summed E-state index contributed by atoms with van der Waals surface area (Å²) in [6, 6.07) is 7.82. The highest BCUT2D eigenvalue weighted by atomic mass is 35.5. The molecule has 0 unspecified atom stereocenters. The third-order valence-electron chi connectivity index (χ3n) is 2.84. The van der Waals surface area contributed by atoms with Crippen LogP contribution in [-0.2, 0) is 19.5 Å². The first-order chi connectivity index (χ1) is 8.74. The van der Waals surface area contributed by atoms with Crippen LogP contribution < -0.4 is 5.32 Å². The monoisotopic (exact) mass is 264 g/mol. The topological polar surface area (TPSA) is 42.7 Å². The average molecular weight is 265 g/mol. The number of halogens is 1. The first-order valence-corrected chi connectivity index (χ1v) is 6.42. The number of rotatable bonds is 5. The van der Waals surface area contributed by atoms with E-state index < -0.39 is 0 Å². The summed E-state index contributed by atoms with van der Waals surface area (Å²) in [7, 11) is 1.91. The fourth-order valence-corrected chi connectivity index (χ4v) is 2.08. The van der Waals surface area contributed by atoms with Gasteiger partial charge < -0.3 is 5.32 Å². The highest BCUT2D eigenvalue weighted by molar-refractivity contribution is 6.30. The molecule has 0 aliphatic rings. The standard InChI is InChI=1S/C13H17ClN4/c1-3-13-12(8-15-2)16-17-18(13)9-10-4-6-11(14)7-5-10/h4-7,15H,3,8-9H2,1-2H3. The molecule has 1 heterocycles. The maximum atomic E-state index is 5.88. The number of nitrogens with one attached hydrogen (secondary N) is 1. The first-order valence-electron chi connectivity index (χ1n) is 6.05. The zero-order valence-corrected chi connectivity index (χ0v) is 11.4. The van der Waals surface area contributed by atoms with Crippen LogP contribution in [0.1, 0.15) is 23.9 Å². The third kappa shape index (κ3) is 2.89. The molecule has 0 spiro atoms. The highest BCUT2D eigenvalue weighted by Gasteiger charge is 2.10. The maximum Gasteiger partial charge on any atom is 0.0996 e. The van der Waals surface area contributed by atoms with E-state index in [2.05, 4.69) is 22.6 Å². The molecule has 0 radical (unpaired) electrons. The molecule has 0 amide bonds. The molecule has 0 fully saturated rings. The Morgan fingerprint density at radius 2 is 2.00 bits per heavy atom. The summed E-state index contributed by atoms with van der Waals surface area (Å²) in [5, 5.41) is 12.3. The molecule has 4 nitrogen and oxygen atoms in total. The quantitative estimate of drug-likeness (QED) is 0.901. The van der Waals surface area contributed by atoms with E-state index in [0.29, 0.717) is 0 Å². The van der Waals surface area contributed by atoms with Gasteiger partial charge in [0, 0.05) is 11.6 Å². The van der Waals surface area contributed by atoms with Gasteiger partial charge in [0.25, 0.3) is 0 Å². The van der Waals surface area contributed by atoms with Crippen LogP contribution in [0.2, 0.25) is 5.02 Å². The van der Waals surface area contributed by atoms with E-state index in [4.69, 9.17) is 11.6 Å². The molecule has 0 aliphatic carbocycles. The van der Waals surface area contributed by atoms with Gasteiger partial charge in [0.2, 0.25) is 0 Å². The van der Waals surface area contributed by atoms with Crippen molar-refractivity contribution in [3.8, 4) is 0 Å². The molecule has 18 heavy (non-hydrogen) atoms. The number of hydrogen-bond acceptors (Lipinski definition) is 3. The number of hydrogen-bond donors (Lipinski definition) is 1. The lowest BCUT2D eigenvalue weighted by Gasteiger charge is -2.06. The molecule has 0 bridgehead atoms. The lowest BCUT2D eigenvalue weighted by Crippen LogP contribution is -2.10. The molecule has 2 aromatic rings. The Morgan fingerprint density at radius 3 is 2.61 bits per heavy atom. The van der Waals surface area contributed by atoms with Gasteiger partial charge in [0.05, 0.1) is 17.9 Å². The molecule has 2 rings (SSSR count). The van der Waals surface area contributed by atoms with Crippen molar-refractivity contribution < 1.29 is 0 Å². The van der Waals surface area contributed by atoms with Crippen LogP contribution in [-0.4, -0.2) is 22.0 Å². The molecule has 0 atom stereocenters. The number of nitrogens with zero attached hydrogens (tertiary/aromatic N) is 3.